The summed E-state index contributed by atoms with van der Waals surface area (Å²) in [5.41, 5.74) is 3.82. The Labute approximate surface area is 185 Å². The molecule has 0 bridgehead atoms. The van der Waals surface area contributed by atoms with E-state index >= 15 is 0 Å². The minimum atomic E-state index is 0. The molecule has 1 N–H and O–H groups in total. The second kappa shape index (κ2) is 9.09. The maximum atomic E-state index is 13.4. The van der Waals surface area contributed by atoms with Gasteiger partial charge in [0, 0.05) is 40.0 Å². The zero-order valence-electron chi connectivity index (χ0n) is 16.5. The predicted octanol–water partition coefficient (Wildman–Crippen LogP) is 5.88. The normalized spacial score (nSPS) is 16.4. The lowest BCUT2D eigenvalue weighted by atomic mass is 10.0. The number of aromatic nitrogens is 2. The number of nitrogens with zero attached hydrogens (tertiary/aromatic N) is 3. The molecule has 4 rings (SSSR count). The van der Waals surface area contributed by atoms with E-state index in [1.807, 2.05) is 48.2 Å². The van der Waals surface area contributed by atoms with Crippen molar-refractivity contribution in [2.45, 2.75) is 39.2 Å². The number of likely N-dealkylation sites (tertiary alicyclic amines) is 1. The summed E-state index contributed by atoms with van der Waals surface area (Å²) in [6.07, 6.45) is 4.93. The van der Waals surface area contributed by atoms with Gasteiger partial charge in [-0.3, -0.25) is 4.79 Å². The first-order valence-corrected chi connectivity index (χ1v) is 10.4. The molecule has 0 saturated carbocycles. The summed E-state index contributed by atoms with van der Waals surface area (Å²) in [7, 11) is 0. The summed E-state index contributed by atoms with van der Waals surface area (Å²) in [6.45, 7) is 4.86. The molecule has 1 aliphatic heterocycles. The first-order valence-electron chi connectivity index (χ1n) is 9.63. The second-order valence-corrected chi connectivity index (χ2v) is 8.26. The Hall–Kier alpha value is -2.18. The molecule has 0 aliphatic carbocycles. The van der Waals surface area contributed by atoms with E-state index in [0.717, 1.165) is 46.3 Å². The van der Waals surface area contributed by atoms with Gasteiger partial charge in [-0.05, 0) is 69.5 Å². The average Bonchev–Trinajstić information content (AvgIpc) is 2.69. The number of aryl methyl sites for hydroxylation is 1. The van der Waals surface area contributed by atoms with Gasteiger partial charge in [-0.15, -0.1) is 12.4 Å². The Morgan fingerprint density at radius 1 is 1.17 bits per heavy atom. The first-order chi connectivity index (χ1) is 13.5. The molecule has 0 spiro atoms. The number of pyridine rings is 2. The summed E-state index contributed by atoms with van der Waals surface area (Å²) in [5.74, 6) is 0.0294. The molecule has 3 heterocycles. The standard InChI is InChI=1S/C22H23BrN4O.ClH/c1-14-6-11-18-20(26-17-9-7-16(23)8-10-17)19(13-24-21(18)25-14)22(28)27-12-4-3-5-15(27)2;/h6-11,13,15H,3-5,12H2,1-2H3,(H,24,25,26);1H. The fourth-order valence-electron chi connectivity index (χ4n) is 3.70. The van der Waals surface area contributed by atoms with E-state index in [2.05, 4.69) is 38.1 Å². The highest BCUT2D eigenvalue weighted by Gasteiger charge is 2.27. The van der Waals surface area contributed by atoms with Crippen LogP contribution in [-0.4, -0.2) is 33.4 Å². The minimum Gasteiger partial charge on any atom is -0.354 e. The summed E-state index contributed by atoms with van der Waals surface area (Å²) in [4.78, 5) is 24.4. The SMILES string of the molecule is Cc1ccc2c(Nc3ccc(Br)cc3)c(C(=O)N3CCCCC3C)cnc2n1.Cl. The topological polar surface area (TPSA) is 58.1 Å². The Bertz CT molecular complexity index is 1030. The van der Waals surface area contributed by atoms with E-state index in [0.29, 0.717) is 11.2 Å². The van der Waals surface area contributed by atoms with E-state index < -0.39 is 0 Å². The van der Waals surface area contributed by atoms with E-state index in [1.54, 1.807) is 6.20 Å². The molecular weight excluding hydrogens is 452 g/mol. The van der Waals surface area contributed by atoms with Crippen LogP contribution in [0.4, 0.5) is 11.4 Å². The van der Waals surface area contributed by atoms with Crippen LogP contribution in [0, 0.1) is 6.92 Å². The van der Waals surface area contributed by atoms with E-state index in [9.17, 15) is 4.79 Å². The predicted molar refractivity (Wildman–Crippen MR) is 123 cm³/mol. The zero-order chi connectivity index (χ0) is 19.7. The van der Waals surface area contributed by atoms with Gasteiger partial charge in [0.15, 0.2) is 5.65 Å². The summed E-state index contributed by atoms with van der Waals surface area (Å²) in [5, 5.41) is 4.30. The maximum Gasteiger partial charge on any atom is 0.257 e. The largest absolute Gasteiger partial charge is 0.354 e. The van der Waals surface area contributed by atoms with Gasteiger partial charge in [0.1, 0.15) is 0 Å². The van der Waals surface area contributed by atoms with Crippen molar-refractivity contribution in [1.29, 1.82) is 0 Å². The van der Waals surface area contributed by atoms with Crippen LogP contribution in [0.2, 0.25) is 0 Å². The molecule has 1 fully saturated rings. The van der Waals surface area contributed by atoms with E-state index in [1.165, 1.54) is 6.42 Å². The number of anilines is 2. The molecular formula is C22H24BrClN4O. The van der Waals surface area contributed by atoms with Gasteiger partial charge in [0.05, 0.1) is 11.3 Å². The molecule has 1 aliphatic rings. The quantitative estimate of drug-likeness (QED) is 0.514. The molecule has 1 amide bonds. The monoisotopic (exact) mass is 474 g/mol. The molecule has 7 heteroatoms. The highest BCUT2D eigenvalue weighted by Crippen LogP contribution is 2.31. The number of halogens is 2. The molecule has 5 nitrogen and oxygen atoms in total. The van der Waals surface area contributed by atoms with Crippen LogP contribution in [0.3, 0.4) is 0 Å². The van der Waals surface area contributed by atoms with E-state index in [-0.39, 0.29) is 24.4 Å². The summed E-state index contributed by atoms with van der Waals surface area (Å²) >= 11 is 3.47. The number of hydrogen-bond acceptors (Lipinski definition) is 4. The summed E-state index contributed by atoms with van der Waals surface area (Å²) in [6, 6.07) is 12.1. The molecule has 3 aromatic rings. The van der Waals surface area contributed by atoms with Crippen LogP contribution in [-0.2, 0) is 0 Å². The molecule has 29 heavy (non-hydrogen) atoms. The van der Waals surface area contributed by atoms with Gasteiger partial charge in [-0.2, -0.15) is 0 Å². The minimum absolute atomic E-state index is 0. The number of amides is 1. The number of carbonyl (C=O) groups excluding carboxylic acids is 1. The Morgan fingerprint density at radius 2 is 1.93 bits per heavy atom. The van der Waals surface area contributed by atoms with E-state index in [4.69, 9.17) is 0 Å². The molecule has 1 saturated heterocycles. The molecule has 1 unspecified atom stereocenters. The number of rotatable bonds is 3. The van der Waals surface area contributed by atoms with Gasteiger partial charge in [-0.25, -0.2) is 9.97 Å². The number of carbonyl (C=O) groups is 1. The van der Waals surface area contributed by atoms with Crippen LogP contribution >= 0.6 is 28.3 Å². The van der Waals surface area contributed by atoms with Gasteiger partial charge in [0.2, 0.25) is 0 Å². The van der Waals surface area contributed by atoms with Crippen molar-refractivity contribution in [3.8, 4) is 0 Å². The van der Waals surface area contributed by atoms with Crippen LogP contribution in [0.1, 0.15) is 42.2 Å². The fourth-order valence-corrected chi connectivity index (χ4v) is 3.97. The van der Waals surface area contributed by atoms with Gasteiger partial charge < -0.3 is 10.2 Å². The lowest BCUT2D eigenvalue weighted by Gasteiger charge is -2.34. The van der Waals surface area contributed by atoms with Crippen molar-refractivity contribution in [3.05, 3.63) is 58.3 Å². The van der Waals surface area contributed by atoms with Crippen LogP contribution in [0.25, 0.3) is 11.0 Å². The number of hydrogen-bond donors (Lipinski definition) is 1. The second-order valence-electron chi connectivity index (χ2n) is 7.35. The van der Waals surface area contributed by atoms with Crippen molar-refractivity contribution in [2.75, 3.05) is 11.9 Å². The Balaban J connectivity index is 0.00000240. The van der Waals surface area contributed by atoms with Crippen LogP contribution in [0.15, 0.2) is 47.1 Å². The van der Waals surface area contributed by atoms with Crippen molar-refractivity contribution in [3.63, 3.8) is 0 Å². The fraction of sp³-hybridized carbons (Fsp3) is 0.318. The maximum absolute atomic E-state index is 13.4. The number of benzene rings is 1. The smallest absolute Gasteiger partial charge is 0.257 e. The number of piperidine rings is 1. The highest BCUT2D eigenvalue weighted by atomic mass is 79.9. The molecule has 0 radical (unpaired) electrons. The lowest BCUT2D eigenvalue weighted by Crippen LogP contribution is -2.42. The number of nitrogens with one attached hydrogen (secondary N) is 1. The van der Waals surface area contributed by atoms with Crippen molar-refractivity contribution in [1.82, 2.24) is 14.9 Å². The van der Waals surface area contributed by atoms with Gasteiger partial charge in [0.25, 0.3) is 5.91 Å². The van der Waals surface area contributed by atoms with Gasteiger partial charge in [-0.1, -0.05) is 15.9 Å². The van der Waals surface area contributed by atoms with Gasteiger partial charge >= 0.3 is 0 Å². The van der Waals surface area contributed by atoms with Crippen molar-refractivity contribution >= 4 is 56.7 Å². The van der Waals surface area contributed by atoms with Crippen LogP contribution < -0.4 is 5.32 Å². The van der Waals surface area contributed by atoms with Crippen LogP contribution in [0.5, 0.6) is 0 Å². The number of fused-ring (bicyclic) bond motifs is 1. The third kappa shape index (κ3) is 4.54. The molecule has 1 atom stereocenters. The lowest BCUT2D eigenvalue weighted by molar-refractivity contribution is 0.0636. The third-order valence-electron chi connectivity index (χ3n) is 5.28. The first kappa shape index (κ1) is 21.5. The van der Waals surface area contributed by atoms with Crippen molar-refractivity contribution < 1.29 is 4.79 Å². The summed E-state index contributed by atoms with van der Waals surface area (Å²) < 4.78 is 1.01. The molecule has 1 aromatic carbocycles. The zero-order valence-corrected chi connectivity index (χ0v) is 18.9. The Kier molecular flexibility index (Phi) is 6.75. The molecule has 152 valence electrons. The Morgan fingerprint density at radius 3 is 2.66 bits per heavy atom. The average molecular weight is 476 g/mol. The third-order valence-corrected chi connectivity index (χ3v) is 5.81. The molecule has 2 aromatic heterocycles. The van der Waals surface area contributed by atoms with Crippen molar-refractivity contribution in [2.24, 2.45) is 0 Å². The highest BCUT2D eigenvalue weighted by molar-refractivity contribution is 9.10.